The molecule has 0 saturated carbocycles. The molecule has 1 fully saturated rings. The lowest BCUT2D eigenvalue weighted by molar-refractivity contribution is -0.0832. The number of likely N-dealkylation sites (N-methyl/N-ethyl adjacent to an activating group) is 1. The highest BCUT2D eigenvalue weighted by Crippen LogP contribution is 2.58. The standard InChI is InChI=1S/C31H37N3O7/c1-7-8-38-28-17(3)29-31(41-15-40-29)25-19(28)11-21-26-24-18(9-16(2)27(37-6)30(24)39-14-36-5)10-20(33(26)4)22(12-32)34(21)23(25)13-35/h7,9,20-23,26,35H,1,8,10-11,13-15H2,2-6H3/t20-,21?,22-,23-,26-/m0/s1/i35T. The Morgan fingerprint density at radius 2 is 1.95 bits per heavy atom. The fraction of sp³-hybridized carbons (Fsp3) is 0.516. The van der Waals surface area contributed by atoms with Crippen LogP contribution >= 0.6 is 0 Å². The third kappa shape index (κ3) is 3.98. The van der Waals surface area contributed by atoms with Crippen molar-refractivity contribution in [1.82, 2.24) is 9.80 Å². The van der Waals surface area contributed by atoms with E-state index in [-0.39, 0.29) is 38.3 Å². The Morgan fingerprint density at radius 3 is 2.66 bits per heavy atom. The monoisotopic (exact) mass is 565 g/mol. The minimum Gasteiger partial charge on any atom is -0.493 e. The number of nitrogens with zero attached hydrogens (tertiary/aromatic N) is 3. The zero-order chi connectivity index (χ0) is 29.7. The van der Waals surface area contributed by atoms with Crippen molar-refractivity contribution in [1.29, 1.82) is 6.69 Å². The fourth-order valence-corrected chi connectivity index (χ4v) is 7.57. The van der Waals surface area contributed by atoms with Crippen LogP contribution < -0.4 is 23.7 Å². The summed E-state index contributed by atoms with van der Waals surface area (Å²) in [4.78, 5) is 4.54. The highest BCUT2D eigenvalue weighted by molar-refractivity contribution is 5.66. The zero-order valence-corrected chi connectivity index (χ0v) is 24.2. The van der Waals surface area contributed by atoms with Crippen LogP contribution in [-0.2, 0) is 17.6 Å². The molecule has 0 amide bonds. The highest BCUT2D eigenvalue weighted by Gasteiger charge is 2.56. The van der Waals surface area contributed by atoms with Crippen LogP contribution in [0.1, 0.15) is 45.5 Å². The molecule has 0 aromatic heterocycles. The third-order valence-electron chi connectivity index (χ3n) is 9.07. The molecule has 41 heavy (non-hydrogen) atoms. The van der Waals surface area contributed by atoms with E-state index >= 15 is 0 Å². The maximum atomic E-state index is 10.7. The lowest BCUT2D eigenvalue weighted by Gasteiger charge is -2.59. The SMILES string of the molecule is [3H]OC[C@H]1c2c(c(OCC=C)c(C)c3c2OCO3)CC2[C@H]3c4c(cc(C)c(OC)c4OCOC)C[C@@H]([C@H](C#N)N21)N3C. The van der Waals surface area contributed by atoms with E-state index in [1.54, 1.807) is 20.3 Å². The summed E-state index contributed by atoms with van der Waals surface area (Å²) in [6.45, 7) is 8.34. The second kappa shape index (κ2) is 10.7. The molecule has 1 saturated heterocycles. The van der Waals surface area contributed by atoms with Crippen LogP contribution in [0.5, 0.6) is 28.7 Å². The molecule has 2 aromatic carbocycles. The van der Waals surface area contributed by atoms with Gasteiger partial charge >= 0.3 is 0 Å². The van der Waals surface area contributed by atoms with Gasteiger partial charge in [-0.05, 0) is 44.9 Å². The summed E-state index contributed by atoms with van der Waals surface area (Å²) >= 11 is 0. The van der Waals surface area contributed by atoms with Crippen molar-refractivity contribution in [2.45, 2.75) is 56.9 Å². The molecular weight excluding hydrogens is 526 g/mol. The smallest absolute Gasteiger partial charge is 0.231 e. The Bertz CT molecular complexity index is 1440. The van der Waals surface area contributed by atoms with Gasteiger partial charge in [0.1, 0.15) is 18.4 Å². The Kier molecular flexibility index (Phi) is 6.91. The maximum absolute atomic E-state index is 10.7. The lowest BCUT2D eigenvalue weighted by Crippen LogP contribution is -2.68. The molecule has 218 valence electrons. The Morgan fingerprint density at radius 1 is 1.15 bits per heavy atom. The van der Waals surface area contributed by atoms with Crippen molar-refractivity contribution in [3.05, 3.63) is 52.1 Å². The van der Waals surface area contributed by atoms with E-state index in [1.165, 1.54) is 0 Å². The van der Waals surface area contributed by atoms with Crippen molar-refractivity contribution in [2.75, 3.05) is 48.1 Å². The number of benzene rings is 2. The number of nitriles is 1. The minimum atomic E-state index is -0.472. The van der Waals surface area contributed by atoms with Gasteiger partial charge in [-0.3, -0.25) is 9.80 Å². The van der Waals surface area contributed by atoms with Gasteiger partial charge in [0, 0.05) is 41.4 Å². The number of ether oxygens (including phenoxy) is 6. The molecule has 4 aliphatic rings. The second-order valence-electron chi connectivity index (χ2n) is 11.0. The van der Waals surface area contributed by atoms with E-state index in [4.69, 9.17) is 35.0 Å². The van der Waals surface area contributed by atoms with E-state index in [9.17, 15) is 5.26 Å². The van der Waals surface area contributed by atoms with Gasteiger partial charge < -0.3 is 33.5 Å². The van der Waals surface area contributed by atoms with Crippen LogP contribution in [0.2, 0.25) is 0 Å². The van der Waals surface area contributed by atoms with Crippen LogP contribution in [0.15, 0.2) is 18.7 Å². The molecule has 4 heterocycles. The molecule has 6 rings (SSSR count). The zero-order valence-electron chi connectivity index (χ0n) is 25.2. The minimum absolute atomic E-state index is 0.0434. The molecule has 2 bridgehead atoms. The normalized spacial score (nSPS) is 26.2. The summed E-state index contributed by atoms with van der Waals surface area (Å²) in [5, 5.41) is 15.8. The van der Waals surface area contributed by atoms with Gasteiger partial charge in [-0.2, -0.15) is 5.26 Å². The van der Waals surface area contributed by atoms with Crippen LogP contribution in [0.25, 0.3) is 0 Å². The molecule has 10 heteroatoms. The van der Waals surface area contributed by atoms with Crippen molar-refractivity contribution in [2.24, 2.45) is 0 Å². The molecular formula is C31H37N3O7. The average molecular weight is 566 g/mol. The topological polar surface area (TPSA) is 106 Å². The number of piperazine rings is 1. The van der Waals surface area contributed by atoms with Crippen LogP contribution in [-0.4, -0.2) is 82.5 Å². The summed E-state index contributed by atoms with van der Waals surface area (Å²) in [6.07, 6.45) is 2.93. The van der Waals surface area contributed by atoms with E-state index in [0.29, 0.717) is 42.4 Å². The third-order valence-corrected chi connectivity index (χ3v) is 9.07. The first-order valence-electron chi connectivity index (χ1n) is 14.3. The van der Waals surface area contributed by atoms with E-state index in [1.807, 2.05) is 13.8 Å². The van der Waals surface area contributed by atoms with Gasteiger partial charge in [-0.1, -0.05) is 18.7 Å². The average Bonchev–Trinajstić information content (AvgIpc) is 3.47. The predicted molar refractivity (Wildman–Crippen MR) is 150 cm³/mol. The fourth-order valence-electron chi connectivity index (χ4n) is 7.57. The largest absolute Gasteiger partial charge is 0.493 e. The van der Waals surface area contributed by atoms with Crippen LogP contribution in [0.4, 0.5) is 0 Å². The lowest BCUT2D eigenvalue weighted by atomic mass is 9.71. The summed E-state index contributed by atoms with van der Waals surface area (Å²) in [7, 11) is 5.32. The molecule has 2 aromatic rings. The van der Waals surface area contributed by atoms with Crippen LogP contribution in [0.3, 0.4) is 0 Å². The number of aliphatic hydroxyl groups excluding tert-OH is 1. The van der Waals surface area contributed by atoms with Gasteiger partial charge in [-0.25, -0.2) is 0 Å². The van der Waals surface area contributed by atoms with Crippen molar-refractivity contribution >= 4 is 0 Å². The number of rotatable bonds is 9. The molecule has 0 spiro atoms. The van der Waals surface area contributed by atoms with E-state index in [2.05, 4.69) is 35.6 Å². The molecule has 10 nitrogen and oxygen atoms in total. The number of hydrogen-bond acceptors (Lipinski definition) is 10. The molecule has 4 aliphatic heterocycles. The molecule has 0 radical (unpaired) electrons. The summed E-state index contributed by atoms with van der Waals surface area (Å²) in [6, 6.07) is 3.42. The van der Waals surface area contributed by atoms with Gasteiger partial charge in [0.05, 0.1) is 31.9 Å². The summed E-state index contributed by atoms with van der Waals surface area (Å²) in [5.41, 5.74) is 5.81. The molecule has 0 aliphatic carbocycles. The number of fused-ring (bicyclic) bond motifs is 9. The van der Waals surface area contributed by atoms with Gasteiger partial charge in [0.25, 0.3) is 0 Å². The quantitative estimate of drug-likeness (QED) is 0.359. The first kappa shape index (κ1) is 26.4. The Labute approximate surface area is 242 Å². The van der Waals surface area contributed by atoms with E-state index < -0.39 is 12.1 Å². The van der Waals surface area contributed by atoms with Gasteiger partial charge in [0.15, 0.2) is 29.8 Å². The molecule has 1 N–H and O–H groups in total. The first-order valence-corrected chi connectivity index (χ1v) is 13.9. The first-order chi connectivity index (χ1) is 20.4. The highest BCUT2D eigenvalue weighted by atomic mass is 16.7. The number of methoxy groups -OCH3 is 2. The van der Waals surface area contributed by atoms with E-state index in [0.717, 1.165) is 39.1 Å². The number of aryl methyl sites for hydroxylation is 1. The summed E-state index contributed by atoms with van der Waals surface area (Å²) in [5.74, 6) is 3.31. The van der Waals surface area contributed by atoms with Crippen LogP contribution in [0, 0.1) is 25.2 Å². The van der Waals surface area contributed by atoms with Gasteiger partial charge in [0.2, 0.25) is 8.22 Å². The maximum Gasteiger partial charge on any atom is 0.231 e. The van der Waals surface area contributed by atoms with Crippen molar-refractivity contribution in [3.8, 4) is 34.8 Å². The Balaban J connectivity index is 1.61. The number of hydrogen-bond donors (Lipinski definition) is 1. The molecule has 1 unspecified atom stereocenters. The summed E-state index contributed by atoms with van der Waals surface area (Å²) < 4.78 is 43.5. The Hall–Kier alpha value is -3.49. The van der Waals surface area contributed by atoms with Crippen molar-refractivity contribution in [3.63, 3.8) is 0 Å². The predicted octanol–water partition coefficient (Wildman–Crippen LogP) is 3.35. The molecule has 5 atom stereocenters. The second-order valence-corrected chi connectivity index (χ2v) is 11.0. The number of aliphatic hydroxyl groups is 1. The van der Waals surface area contributed by atoms with Crippen molar-refractivity contribution < 1.29 is 33.5 Å². The van der Waals surface area contributed by atoms with Gasteiger partial charge in [-0.15, -0.1) is 0 Å².